The van der Waals surface area contributed by atoms with Gasteiger partial charge in [-0.1, -0.05) is 24.3 Å². The summed E-state index contributed by atoms with van der Waals surface area (Å²) in [6, 6.07) is 7.53. The zero-order valence-corrected chi connectivity index (χ0v) is 15.9. The minimum atomic E-state index is -0.643. The number of methoxy groups -OCH3 is 2. The van der Waals surface area contributed by atoms with E-state index >= 15 is 0 Å². The molecule has 0 spiro atoms. The average Bonchev–Trinajstić information content (AvgIpc) is 3.00. The van der Waals surface area contributed by atoms with Crippen LogP contribution in [0, 0.1) is 6.92 Å². The van der Waals surface area contributed by atoms with E-state index in [0.717, 1.165) is 16.3 Å². The van der Waals surface area contributed by atoms with Crippen LogP contribution in [0.15, 0.2) is 65.3 Å². The zero-order chi connectivity index (χ0) is 19.4. The third kappa shape index (κ3) is 3.68. The number of hydrogen-bond donors (Lipinski definition) is 0. The molecule has 27 heavy (non-hydrogen) atoms. The first-order valence-corrected chi connectivity index (χ1v) is 9.01. The van der Waals surface area contributed by atoms with Gasteiger partial charge in [0.2, 0.25) is 0 Å². The normalized spacial score (nSPS) is 13.5. The Labute approximate surface area is 161 Å². The standard InChI is InChI=1S/C20H18N2O4S/c1-13-21-16(12-27-13)14-8-4-5-10-17(14)22-11-7-6-9-15(19(23)25-2)18(22)20(24)26-3/h4-12H,1-3H3. The van der Waals surface area contributed by atoms with E-state index < -0.39 is 11.9 Å². The number of hydrogen-bond acceptors (Lipinski definition) is 7. The van der Waals surface area contributed by atoms with Crippen LogP contribution in [0.25, 0.3) is 11.3 Å². The van der Waals surface area contributed by atoms with Gasteiger partial charge in [0.05, 0.1) is 36.2 Å². The number of carbonyl (C=O) groups is 2. The molecule has 0 amide bonds. The van der Waals surface area contributed by atoms with Crippen molar-refractivity contribution in [3.05, 3.63) is 70.4 Å². The topological polar surface area (TPSA) is 68.7 Å². The number of aryl methyl sites for hydroxylation is 1. The van der Waals surface area contributed by atoms with E-state index in [2.05, 4.69) is 4.98 Å². The highest BCUT2D eigenvalue weighted by Gasteiger charge is 2.28. The Hall–Kier alpha value is -3.19. The molecular weight excluding hydrogens is 364 g/mol. The molecule has 3 rings (SSSR count). The summed E-state index contributed by atoms with van der Waals surface area (Å²) in [6.07, 6.45) is 6.65. The van der Waals surface area contributed by atoms with Crippen molar-refractivity contribution in [2.45, 2.75) is 6.92 Å². The molecule has 0 fully saturated rings. The second kappa shape index (κ2) is 8.01. The van der Waals surface area contributed by atoms with Gasteiger partial charge in [-0.25, -0.2) is 14.6 Å². The minimum Gasteiger partial charge on any atom is -0.465 e. The molecule has 0 unspecified atom stereocenters. The fourth-order valence-corrected chi connectivity index (χ4v) is 3.35. The van der Waals surface area contributed by atoms with E-state index in [1.807, 2.05) is 36.6 Å². The van der Waals surface area contributed by atoms with Crippen molar-refractivity contribution in [2.75, 3.05) is 19.1 Å². The van der Waals surface area contributed by atoms with Crippen molar-refractivity contribution in [2.24, 2.45) is 0 Å². The lowest BCUT2D eigenvalue weighted by atomic mass is 10.1. The lowest BCUT2D eigenvalue weighted by Crippen LogP contribution is -2.27. The molecule has 0 atom stereocenters. The quantitative estimate of drug-likeness (QED) is 0.753. The smallest absolute Gasteiger partial charge is 0.355 e. The van der Waals surface area contributed by atoms with Crippen LogP contribution in [0.4, 0.5) is 5.69 Å². The largest absolute Gasteiger partial charge is 0.465 e. The van der Waals surface area contributed by atoms with E-state index in [4.69, 9.17) is 9.47 Å². The molecular formula is C20H18N2O4S. The van der Waals surface area contributed by atoms with Gasteiger partial charge < -0.3 is 14.4 Å². The predicted molar refractivity (Wildman–Crippen MR) is 104 cm³/mol. The minimum absolute atomic E-state index is 0.0775. The van der Waals surface area contributed by atoms with Crippen LogP contribution in [-0.2, 0) is 19.1 Å². The van der Waals surface area contributed by atoms with Gasteiger partial charge in [-0.05, 0) is 25.1 Å². The summed E-state index contributed by atoms with van der Waals surface area (Å²) in [5.74, 6) is -1.27. The van der Waals surface area contributed by atoms with Gasteiger partial charge >= 0.3 is 11.9 Å². The molecule has 138 valence electrons. The lowest BCUT2D eigenvalue weighted by molar-refractivity contribution is -0.139. The van der Waals surface area contributed by atoms with Gasteiger partial charge in [0.25, 0.3) is 0 Å². The molecule has 1 aromatic carbocycles. The van der Waals surface area contributed by atoms with Crippen molar-refractivity contribution in [3.63, 3.8) is 0 Å². The van der Waals surface area contributed by atoms with Gasteiger partial charge in [0.15, 0.2) is 0 Å². The van der Waals surface area contributed by atoms with Crippen molar-refractivity contribution in [1.29, 1.82) is 0 Å². The number of aromatic nitrogens is 1. The Morgan fingerprint density at radius 1 is 1.07 bits per heavy atom. The molecule has 0 bridgehead atoms. The molecule has 1 aliphatic heterocycles. The highest BCUT2D eigenvalue weighted by Crippen LogP contribution is 2.35. The van der Waals surface area contributed by atoms with E-state index in [1.54, 1.807) is 34.6 Å². The predicted octanol–water partition coefficient (Wildman–Crippen LogP) is 3.61. The summed E-state index contributed by atoms with van der Waals surface area (Å²) in [5, 5.41) is 2.89. The fraction of sp³-hybridized carbons (Fsp3) is 0.150. The molecule has 2 heterocycles. The van der Waals surface area contributed by atoms with Gasteiger partial charge in [0.1, 0.15) is 5.70 Å². The first-order valence-electron chi connectivity index (χ1n) is 8.13. The number of nitrogens with zero attached hydrogens (tertiary/aromatic N) is 2. The van der Waals surface area contributed by atoms with Gasteiger partial charge in [-0.15, -0.1) is 11.3 Å². The number of thiazole rings is 1. The third-order valence-corrected chi connectivity index (χ3v) is 4.72. The molecule has 0 aliphatic carbocycles. The van der Waals surface area contributed by atoms with Crippen LogP contribution in [0.1, 0.15) is 5.01 Å². The molecule has 7 heteroatoms. The summed E-state index contributed by atoms with van der Waals surface area (Å²) in [6.45, 7) is 1.93. The molecule has 6 nitrogen and oxygen atoms in total. The summed E-state index contributed by atoms with van der Waals surface area (Å²) in [7, 11) is 2.54. The van der Waals surface area contributed by atoms with E-state index in [9.17, 15) is 9.59 Å². The first-order chi connectivity index (χ1) is 13.1. The molecule has 0 N–H and O–H groups in total. The van der Waals surface area contributed by atoms with Crippen LogP contribution >= 0.6 is 11.3 Å². The molecule has 0 saturated carbocycles. The zero-order valence-electron chi connectivity index (χ0n) is 15.1. The van der Waals surface area contributed by atoms with Crippen molar-refractivity contribution in [3.8, 4) is 11.3 Å². The maximum atomic E-state index is 12.6. The maximum Gasteiger partial charge on any atom is 0.355 e. The molecule has 1 aliphatic rings. The van der Waals surface area contributed by atoms with Crippen molar-refractivity contribution in [1.82, 2.24) is 4.98 Å². The number of ether oxygens (including phenoxy) is 2. The third-order valence-electron chi connectivity index (χ3n) is 3.95. The van der Waals surface area contributed by atoms with Crippen LogP contribution < -0.4 is 4.90 Å². The number of benzene rings is 1. The number of esters is 2. The first kappa shape index (κ1) is 18.6. The molecule has 1 aromatic heterocycles. The summed E-state index contributed by atoms with van der Waals surface area (Å²) < 4.78 is 9.80. The van der Waals surface area contributed by atoms with Crippen LogP contribution in [0.2, 0.25) is 0 Å². The Balaban J connectivity index is 2.23. The van der Waals surface area contributed by atoms with Crippen LogP contribution in [0.3, 0.4) is 0 Å². The van der Waals surface area contributed by atoms with Crippen molar-refractivity contribution < 1.29 is 19.1 Å². The molecule has 0 saturated heterocycles. The fourth-order valence-electron chi connectivity index (χ4n) is 2.74. The summed E-state index contributed by atoms with van der Waals surface area (Å²) in [4.78, 5) is 31.0. The van der Waals surface area contributed by atoms with Gasteiger partial charge in [-0.2, -0.15) is 0 Å². The summed E-state index contributed by atoms with van der Waals surface area (Å²) >= 11 is 1.54. The van der Waals surface area contributed by atoms with E-state index in [-0.39, 0.29) is 11.3 Å². The Kier molecular flexibility index (Phi) is 5.52. The molecule has 0 radical (unpaired) electrons. The highest BCUT2D eigenvalue weighted by molar-refractivity contribution is 7.09. The highest BCUT2D eigenvalue weighted by atomic mass is 32.1. The number of anilines is 1. The lowest BCUT2D eigenvalue weighted by Gasteiger charge is -2.25. The van der Waals surface area contributed by atoms with Gasteiger partial charge in [0, 0.05) is 17.1 Å². The van der Waals surface area contributed by atoms with Crippen molar-refractivity contribution >= 4 is 29.0 Å². The van der Waals surface area contributed by atoms with Gasteiger partial charge in [-0.3, -0.25) is 0 Å². The Bertz CT molecular complexity index is 972. The van der Waals surface area contributed by atoms with Crippen LogP contribution in [-0.4, -0.2) is 31.1 Å². The number of carbonyl (C=O) groups excluding carboxylic acids is 2. The van der Waals surface area contributed by atoms with E-state index in [0.29, 0.717) is 5.69 Å². The van der Waals surface area contributed by atoms with E-state index in [1.165, 1.54) is 20.3 Å². The molecule has 2 aromatic rings. The second-order valence-corrected chi connectivity index (χ2v) is 6.65. The Morgan fingerprint density at radius 3 is 2.48 bits per heavy atom. The average molecular weight is 382 g/mol. The monoisotopic (exact) mass is 382 g/mol. The second-order valence-electron chi connectivity index (χ2n) is 5.58. The van der Waals surface area contributed by atoms with Crippen LogP contribution in [0.5, 0.6) is 0 Å². The summed E-state index contributed by atoms with van der Waals surface area (Å²) in [5.41, 5.74) is 2.51. The number of para-hydroxylation sites is 1. The maximum absolute atomic E-state index is 12.6. The Morgan fingerprint density at radius 2 is 1.81 bits per heavy atom. The number of rotatable bonds is 4. The SMILES string of the molecule is COC(=O)C1=C(C(=O)OC)N(c2ccccc2-c2csc(C)n2)C=CC=C1. The number of allylic oxidation sites excluding steroid dienone is 2.